The lowest BCUT2D eigenvalue weighted by molar-refractivity contribution is -0.149. The van der Waals surface area contributed by atoms with Gasteiger partial charge >= 0.3 is 5.97 Å². The summed E-state index contributed by atoms with van der Waals surface area (Å²) < 4.78 is 5.08. The number of rotatable bonds is 4. The SMILES string of the molecule is CCOC(=O)C1CCCCN1C(=O)c1ccc(CCl)cc1. The van der Waals surface area contributed by atoms with Crippen molar-refractivity contribution < 1.29 is 14.3 Å². The molecule has 1 aromatic rings. The second-order valence-electron chi connectivity index (χ2n) is 5.09. The van der Waals surface area contributed by atoms with E-state index in [-0.39, 0.29) is 11.9 Å². The van der Waals surface area contributed by atoms with E-state index in [0.29, 0.717) is 31.0 Å². The lowest BCUT2D eigenvalue weighted by Crippen LogP contribution is -2.48. The molecule has 0 aliphatic carbocycles. The molecule has 1 aliphatic heterocycles. The van der Waals surface area contributed by atoms with Gasteiger partial charge < -0.3 is 9.64 Å². The van der Waals surface area contributed by atoms with Crippen LogP contribution >= 0.6 is 11.6 Å². The number of hydrogen-bond acceptors (Lipinski definition) is 3. The molecule has 0 spiro atoms. The first-order valence-corrected chi connectivity index (χ1v) is 7.83. The van der Waals surface area contributed by atoms with Crippen molar-refractivity contribution in [2.24, 2.45) is 0 Å². The van der Waals surface area contributed by atoms with Gasteiger partial charge in [-0.1, -0.05) is 12.1 Å². The zero-order chi connectivity index (χ0) is 15.2. The molecule has 1 amide bonds. The van der Waals surface area contributed by atoms with E-state index in [1.165, 1.54) is 0 Å². The first kappa shape index (κ1) is 15.8. The zero-order valence-electron chi connectivity index (χ0n) is 12.2. The molecule has 2 rings (SSSR count). The lowest BCUT2D eigenvalue weighted by Gasteiger charge is -2.34. The summed E-state index contributed by atoms with van der Waals surface area (Å²) in [6.07, 6.45) is 2.53. The summed E-state index contributed by atoms with van der Waals surface area (Å²) in [7, 11) is 0. The summed E-state index contributed by atoms with van der Waals surface area (Å²) in [6, 6.07) is 6.74. The highest BCUT2D eigenvalue weighted by Crippen LogP contribution is 2.21. The van der Waals surface area contributed by atoms with Gasteiger partial charge in [0, 0.05) is 18.0 Å². The van der Waals surface area contributed by atoms with Gasteiger partial charge in [-0.2, -0.15) is 0 Å². The quantitative estimate of drug-likeness (QED) is 0.634. The van der Waals surface area contributed by atoms with Gasteiger partial charge in [0.2, 0.25) is 0 Å². The van der Waals surface area contributed by atoms with Crippen molar-refractivity contribution in [1.82, 2.24) is 4.90 Å². The van der Waals surface area contributed by atoms with Crippen LogP contribution in [0.2, 0.25) is 0 Å². The summed E-state index contributed by atoms with van der Waals surface area (Å²) in [5.41, 5.74) is 1.55. The largest absolute Gasteiger partial charge is 0.464 e. The van der Waals surface area contributed by atoms with E-state index in [9.17, 15) is 9.59 Å². The molecule has 5 heteroatoms. The number of halogens is 1. The van der Waals surface area contributed by atoms with Gasteiger partial charge in [-0.15, -0.1) is 11.6 Å². The molecule has 1 heterocycles. The van der Waals surface area contributed by atoms with Gasteiger partial charge in [-0.25, -0.2) is 4.79 Å². The topological polar surface area (TPSA) is 46.6 Å². The third kappa shape index (κ3) is 3.76. The second kappa shape index (κ2) is 7.46. The van der Waals surface area contributed by atoms with E-state index < -0.39 is 6.04 Å². The second-order valence-corrected chi connectivity index (χ2v) is 5.36. The van der Waals surface area contributed by atoms with Crippen LogP contribution in [-0.4, -0.2) is 36.0 Å². The Balaban J connectivity index is 2.15. The number of piperidine rings is 1. The maximum atomic E-state index is 12.6. The summed E-state index contributed by atoms with van der Waals surface area (Å²) >= 11 is 5.75. The molecule has 1 fully saturated rings. The van der Waals surface area contributed by atoms with Gasteiger partial charge in [0.25, 0.3) is 5.91 Å². The summed E-state index contributed by atoms with van der Waals surface area (Å²) in [4.78, 5) is 26.3. The van der Waals surface area contributed by atoms with E-state index >= 15 is 0 Å². The van der Waals surface area contributed by atoms with E-state index in [4.69, 9.17) is 16.3 Å². The van der Waals surface area contributed by atoms with E-state index in [1.807, 2.05) is 12.1 Å². The van der Waals surface area contributed by atoms with Crippen LogP contribution in [0.5, 0.6) is 0 Å². The highest BCUT2D eigenvalue weighted by atomic mass is 35.5. The molecular formula is C16H20ClNO3. The average Bonchev–Trinajstić information content (AvgIpc) is 2.54. The molecule has 1 saturated heterocycles. The molecule has 1 aromatic carbocycles. The minimum atomic E-state index is -0.459. The molecule has 0 N–H and O–H groups in total. The number of amides is 1. The Morgan fingerprint density at radius 2 is 2.00 bits per heavy atom. The Hall–Kier alpha value is -1.55. The van der Waals surface area contributed by atoms with Gasteiger partial charge in [0.1, 0.15) is 6.04 Å². The van der Waals surface area contributed by atoms with Crippen molar-refractivity contribution in [3.8, 4) is 0 Å². The smallest absolute Gasteiger partial charge is 0.328 e. The Labute approximate surface area is 130 Å². The summed E-state index contributed by atoms with van der Waals surface area (Å²) in [6.45, 7) is 2.71. The third-order valence-corrected chi connectivity index (χ3v) is 3.99. The number of ether oxygens (including phenoxy) is 1. The van der Waals surface area contributed by atoms with Crippen LogP contribution in [0.15, 0.2) is 24.3 Å². The fourth-order valence-corrected chi connectivity index (χ4v) is 2.74. The maximum Gasteiger partial charge on any atom is 0.328 e. The number of alkyl halides is 1. The molecule has 4 nitrogen and oxygen atoms in total. The first-order chi connectivity index (χ1) is 10.2. The molecular weight excluding hydrogens is 290 g/mol. The lowest BCUT2D eigenvalue weighted by atomic mass is 10.0. The molecule has 1 atom stereocenters. The predicted octanol–water partition coefficient (Wildman–Crippen LogP) is 2.98. The summed E-state index contributed by atoms with van der Waals surface area (Å²) in [5.74, 6) is 0.000647. The van der Waals surface area contributed by atoms with Crippen LogP contribution < -0.4 is 0 Å². The summed E-state index contributed by atoms with van der Waals surface area (Å²) in [5, 5.41) is 0. The number of carbonyl (C=O) groups excluding carboxylic acids is 2. The van der Waals surface area contributed by atoms with Crippen LogP contribution in [0, 0.1) is 0 Å². The van der Waals surface area contributed by atoms with E-state index in [2.05, 4.69) is 0 Å². The third-order valence-electron chi connectivity index (χ3n) is 3.68. The van der Waals surface area contributed by atoms with Crippen molar-refractivity contribution >= 4 is 23.5 Å². The van der Waals surface area contributed by atoms with Crippen LogP contribution in [-0.2, 0) is 15.4 Å². The van der Waals surface area contributed by atoms with Crippen LogP contribution in [0.3, 0.4) is 0 Å². The Morgan fingerprint density at radius 3 is 2.62 bits per heavy atom. The monoisotopic (exact) mass is 309 g/mol. The highest BCUT2D eigenvalue weighted by molar-refractivity contribution is 6.17. The van der Waals surface area contributed by atoms with E-state index in [1.54, 1.807) is 24.0 Å². The molecule has 114 valence electrons. The number of nitrogens with zero attached hydrogens (tertiary/aromatic N) is 1. The average molecular weight is 310 g/mol. The standard InChI is InChI=1S/C16H20ClNO3/c1-2-21-16(20)14-5-3-4-10-18(14)15(19)13-8-6-12(11-17)7-9-13/h6-9,14H,2-5,10-11H2,1H3. The van der Waals surface area contributed by atoms with Crippen molar-refractivity contribution in [3.05, 3.63) is 35.4 Å². The van der Waals surface area contributed by atoms with E-state index in [0.717, 1.165) is 18.4 Å². The molecule has 0 radical (unpaired) electrons. The van der Waals surface area contributed by atoms with Crippen LogP contribution in [0.4, 0.5) is 0 Å². The number of benzene rings is 1. The van der Waals surface area contributed by atoms with Crippen molar-refractivity contribution in [1.29, 1.82) is 0 Å². The van der Waals surface area contributed by atoms with Gasteiger partial charge in [0.05, 0.1) is 6.61 Å². The maximum absolute atomic E-state index is 12.6. The minimum absolute atomic E-state index is 0.117. The van der Waals surface area contributed by atoms with Crippen molar-refractivity contribution in [3.63, 3.8) is 0 Å². The molecule has 1 unspecified atom stereocenters. The molecule has 0 aromatic heterocycles. The number of hydrogen-bond donors (Lipinski definition) is 0. The fraction of sp³-hybridized carbons (Fsp3) is 0.500. The van der Waals surface area contributed by atoms with Crippen molar-refractivity contribution in [2.45, 2.75) is 38.1 Å². The minimum Gasteiger partial charge on any atom is -0.464 e. The van der Waals surface area contributed by atoms with Gasteiger partial charge in [-0.3, -0.25) is 4.79 Å². The molecule has 0 bridgehead atoms. The number of esters is 1. The number of likely N-dealkylation sites (tertiary alicyclic amines) is 1. The Bertz CT molecular complexity index is 501. The molecule has 0 saturated carbocycles. The van der Waals surface area contributed by atoms with Crippen molar-refractivity contribution in [2.75, 3.05) is 13.2 Å². The Morgan fingerprint density at radius 1 is 1.29 bits per heavy atom. The zero-order valence-corrected chi connectivity index (χ0v) is 12.9. The van der Waals surface area contributed by atoms with Crippen LogP contribution in [0.25, 0.3) is 0 Å². The Kier molecular flexibility index (Phi) is 5.62. The number of carbonyl (C=O) groups is 2. The normalized spacial score (nSPS) is 18.4. The van der Waals surface area contributed by atoms with Crippen LogP contribution in [0.1, 0.15) is 42.1 Å². The predicted molar refractivity (Wildman–Crippen MR) is 81.3 cm³/mol. The molecule has 21 heavy (non-hydrogen) atoms. The van der Waals surface area contributed by atoms with Gasteiger partial charge in [-0.05, 0) is 43.9 Å². The first-order valence-electron chi connectivity index (χ1n) is 7.30. The molecule has 1 aliphatic rings. The highest BCUT2D eigenvalue weighted by Gasteiger charge is 2.33. The fourth-order valence-electron chi connectivity index (χ4n) is 2.56. The van der Waals surface area contributed by atoms with Gasteiger partial charge in [0.15, 0.2) is 0 Å².